The maximum atomic E-state index is 13.2. The van der Waals surface area contributed by atoms with E-state index in [-0.39, 0.29) is 12.1 Å². The fourth-order valence-corrected chi connectivity index (χ4v) is 5.08. The summed E-state index contributed by atoms with van der Waals surface area (Å²) in [5.74, 6) is 6.70. The van der Waals surface area contributed by atoms with E-state index in [1.165, 1.54) is 23.5 Å². The molecule has 35 heavy (non-hydrogen) atoms. The molecule has 1 aromatic heterocycles. The highest BCUT2D eigenvalue weighted by molar-refractivity contribution is 7.99. The van der Waals surface area contributed by atoms with Gasteiger partial charge in [0.1, 0.15) is 0 Å². The van der Waals surface area contributed by atoms with E-state index in [2.05, 4.69) is 15.5 Å². The quantitative estimate of drug-likeness (QED) is 0.296. The predicted octanol–water partition coefficient (Wildman–Crippen LogP) is 3.42. The lowest BCUT2D eigenvalue weighted by molar-refractivity contribution is -0.136. The number of carbonyl (C=O) groups excluding carboxylic acids is 2. The van der Waals surface area contributed by atoms with Gasteiger partial charge in [0.2, 0.25) is 5.16 Å². The van der Waals surface area contributed by atoms with E-state index in [4.69, 9.17) is 10.6 Å². The summed E-state index contributed by atoms with van der Waals surface area (Å²) in [5, 5.41) is 12.0. The number of rotatable bonds is 7. The predicted molar refractivity (Wildman–Crippen MR) is 133 cm³/mol. The van der Waals surface area contributed by atoms with E-state index < -0.39 is 12.0 Å². The number of nitrogens with two attached hydrogens (primary N) is 1. The van der Waals surface area contributed by atoms with Crippen LogP contribution >= 0.6 is 11.8 Å². The molecular formula is C25H26N6O3S. The minimum absolute atomic E-state index is 0.0563. The fourth-order valence-electron chi connectivity index (χ4n) is 4.20. The lowest BCUT2D eigenvalue weighted by Crippen LogP contribution is -2.50. The number of hydrogen-bond acceptors (Lipinski definition) is 7. The molecule has 2 aliphatic rings. The molecule has 1 aliphatic carbocycles. The summed E-state index contributed by atoms with van der Waals surface area (Å²) in [5.41, 5.74) is 3.83. The maximum absolute atomic E-state index is 13.2. The SMILES string of the molecule is COC(=O)C1=C(CSc2nnc(-c3ccc(C)cc3)n2N)N(C2CC2)C(=O)NC1c1ccccc1. The molecule has 0 saturated heterocycles. The monoisotopic (exact) mass is 490 g/mol. The van der Waals surface area contributed by atoms with Crippen molar-refractivity contribution in [2.24, 2.45) is 0 Å². The third-order valence-electron chi connectivity index (χ3n) is 6.14. The van der Waals surface area contributed by atoms with Crippen LogP contribution in [0.4, 0.5) is 4.79 Å². The number of thioether (sulfide) groups is 1. The zero-order valence-corrected chi connectivity index (χ0v) is 20.3. The van der Waals surface area contributed by atoms with Gasteiger partial charge in [0, 0.05) is 23.1 Å². The van der Waals surface area contributed by atoms with Gasteiger partial charge in [-0.25, -0.2) is 14.3 Å². The Labute approximate surface area is 207 Å². The van der Waals surface area contributed by atoms with Crippen LogP contribution in [-0.2, 0) is 9.53 Å². The van der Waals surface area contributed by atoms with Crippen LogP contribution in [0.1, 0.15) is 30.0 Å². The third-order valence-corrected chi connectivity index (χ3v) is 7.09. The topological polar surface area (TPSA) is 115 Å². The summed E-state index contributed by atoms with van der Waals surface area (Å²) in [6.45, 7) is 2.01. The molecule has 5 rings (SSSR count). The summed E-state index contributed by atoms with van der Waals surface area (Å²) in [4.78, 5) is 27.9. The minimum atomic E-state index is -0.611. The summed E-state index contributed by atoms with van der Waals surface area (Å²) in [6.07, 6.45) is 1.77. The molecule has 1 fully saturated rings. The van der Waals surface area contributed by atoms with Gasteiger partial charge in [-0.05, 0) is 25.3 Å². The molecule has 9 nitrogen and oxygen atoms in total. The Hall–Kier alpha value is -3.79. The van der Waals surface area contributed by atoms with E-state index in [1.807, 2.05) is 61.5 Å². The molecule has 1 saturated carbocycles. The number of nitrogens with one attached hydrogen (secondary N) is 1. The second-order valence-corrected chi connectivity index (χ2v) is 9.52. The van der Waals surface area contributed by atoms with Crippen LogP contribution < -0.4 is 11.2 Å². The number of esters is 1. The van der Waals surface area contributed by atoms with Crippen LogP contribution in [0.2, 0.25) is 0 Å². The first-order valence-corrected chi connectivity index (χ1v) is 12.3. The molecule has 0 bridgehead atoms. The van der Waals surface area contributed by atoms with Crippen molar-refractivity contribution in [2.75, 3.05) is 18.7 Å². The van der Waals surface area contributed by atoms with Gasteiger partial charge in [0.05, 0.1) is 18.7 Å². The highest BCUT2D eigenvalue weighted by atomic mass is 32.2. The number of nitrogen functional groups attached to an aromatic ring is 1. The Bertz CT molecular complexity index is 1280. The van der Waals surface area contributed by atoms with Crippen molar-refractivity contribution >= 4 is 23.8 Å². The van der Waals surface area contributed by atoms with Crippen molar-refractivity contribution in [3.63, 3.8) is 0 Å². The summed E-state index contributed by atoms with van der Waals surface area (Å²) in [7, 11) is 1.35. The summed E-state index contributed by atoms with van der Waals surface area (Å²) in [6, 6.07) is 16.5. The molecule has 2 aromatic carbocycles. The van der Waals surface area contributed by atoms with Crippen LogP contribution in [0, 0.1) is 6.92 Å². The first kappa shape index (κ1) is 23.0. The van der Waals surface area contributed by atoms with Gasteiger partial charge < -0.3 is 15.9 Å². The Morgan fingerprint density at radius 3 is 2.51 bits per heavy atom. The lowest BCUT2D eigenvalue weighted by atomic mass is 9.95. The average molecular weight is 491 g/mol. The van der Waals surface area contributed by atoms with Crippen molar-refractivity contribution < 1.29 is 14.3 Å². The fraction of sp³-hybridized carbons (Fsp3) is 0.280. The number of ether oxygens (including phenoxy) is 1. The smallest absolute Gasteiger partial charge is 0.338 e. The lowest BCUT2D eigenvalue weighted by Gasteiger charge is -2.36. The van der Waals surface area contributed by atoms with E-state index in [1.54, 1.807) is 4.90 Å². The van der Waals surface area contributed by atoms with Crippen molar-refractivity contribution in [1.82, 2.24) is 25.1 Å². The van der Waals surface area contributed by atoms with E-state index >= 15 is 0 Å². The van der Waals surface area contributed by atoms with Crippen LogP contribution in [0.25, 0.3) is 11.4 Å². The molecule has 0 radical (unpaired) electrons. The maximum Gasteiger partial charge on any atom is 0.338 e. The van der Waals surface area contributed by atoms with Gasteiger partial charge in [-0.3, -0.25) is 4.90 Å². The number of benzene rings is 2. The van der Waals surface area contributed by atoms with Gasteiger partial charge in [-0.15, -0.1) is 10.2 Å². The molecule has 1 aliphatic heterocycles. The number of carbonyl (C=O) groups is 2. The average Bonchev–Trinajstić information content (AvgIpc) is 3.65. The Morgan fingerprint density at radius 2 is 1.86 bits per heavy atom. The molecule has 180 valence electrons. The van der Waals surface area contributed by atoms with Gasteiger partial charge >= 0.3 is 12.0 Å². The first-order chi connectivity index (χ1) is 17.0. The third kappa shape index (κ3) is 4.49. The molecule has 3 N–H and O–H groups in total. The summed E-state index contributed by atoms with van der Waals surface area (Å²) >= 11 is 1.33. The molecular weight excluding hydrogens is 464 g/mol. The molecule has 1 unspecified atom stereocenters. The van der Waals surface area contributed by atoms with Gasteiger partial charge in [-0.1, -0.05) is 71.9 Å². The number of amides is 2. The zero-order chi connectivity index (χ0) is 24.5. The standard InChI is InChI=1S/C25H26N6O3S/c1-15-8-10-17(11-9-15)22-28-29-25(31(22)26)35-14-19-20(23(32)34-2)21(16-6-4-3-5-7-16)27-24(33)30(19)18-12-13-18/h3-11,18,21H,12-14,26H2,1-2H3,(H,27,33). The second kappa shape index (κ2) is 9.46. The molecule has 2 heterocycles. The van der Waals surface area contributed by atoms with Crippen LogP contribution in [0.15, 0.2) is 71.0 Å². The molecule has 0 spiro atoms. The number of hydrogen-bond donors (Lipinski definition) is 2. The van der Waals surface area contributed by atoms with Crippen molar-refractivity contribution in [3.05, 3.63) is 77.0 Å². The number of methoxy groups -OCH3 is 1. The van der Waals surface area contributed by atoms with Crippen molar-refractivity contribution in [1.29, 1.82) is 0 Å². The first-order valence-electron chi connectivity index (χ1n) is 11.3. The Kier molecular flexibility index (Phi) is 6.21. The van der Waals surface area contributed by atoms with Crippen molar-refractivity contribution in [2.45, 2.75) is 37.0 Å². The van der Waals surface area contributed by atoms with Crippen molar-refractivity contribution in [3.8, 4) is 11.4 Å². The number of nitrogens with zero attached hydrogens (tertiary/aromatic N) is 4. The van der Waals surface area contributed by atoms with E-state index in [0.29, 0.717) is 28.0 Å². The zero-order valence-electron chi connectivity index (χ0n) is 19.5. The number of urea groups is 1. The highest BCUT2D eigenvalue weighted by Gasteiger charge is 2.44. The molecule has 1 atom stereocenters. The second-order valence-electron chi connectivity index (χ2n) is 8.58. The van der Waals surface area contributed by atoms with Crippen LogP contribution in [0.5, 0.6) is 0 Å². The minimum Gasteiger partial charge on any atom is -0.466 e. The normalized spacial score (nSPS) is 17.9. The molecule has 2 amide bonds. The number of aryl methyl sites for hydroxylation is 1. The highest BCUT2D eigenvalue weighted by Crippen LogP contribution is 2.40. The molecule has 3 aromatic rings. The van der Waals surface area contributed by atoms with Gasteiger partial charge in [0.15, 0.2) is 5.82 Å². The van der Waals surface area contributed by atoms with E-state index in [9.17, 15) is 9.59 Å². The largest absolute Gasteiger partial charge is 0.466 e. The van der Waals surface area contributed by atoms with Gasteiger partial charge in [0.25, 0.3) is 0 Å². The van der Waals surface area contributed by atoms with Crippen LogP contribution in [0.3, 0.4) is 0 Å². The number of aromatic nitrogens is 3. The van der Waals surface area contributed by atoms with Gasteiger partial charge in [-0.2, -0.15) is 0 Å². The van der Waals surface area contributed by atoms with Crippen LogP contribution in [-0.4, -0.2) is 50.7 Å². The Balaban J connectivity index is 1.51. The summed E-state index contributed by atoms with van der Waals surface area (Å²) < 4.78 is 6.60. The van der Waals surface area contributed by atoms with E-state index in [0.717, 1.165) is 29.5 Å². The Morgan fingerprint density at radius 1 is 1.14 bits per heavy atom. The molecule has 10 heteroatoms.